The predicted octanol–water partition coefficient (Wildman–Crippen LogP) is 9.38. The zero-order chi connectivity index (χ0) is 37.4. The smallest absolute Gasteiger partial charge is 0.330 e. The molecule has 0 saturated carbocycles. The minimum absolute atomic E-state index is 0.00852. The summed E-state index contributed by atoms with van der Waals surface area (Å²) < 4.78 is 23.0. The first-order valence-electron chi connectivity index (χ1n) is 18.9. The van der Waals surface area contributed by atoms with Crippen molar-refractivity contribution in [2.24, 2.45) is 5.92 Å². The van der Waals surface area contributed by atoms with Gasteiger partial charge in [-0.25, -0.2) is 4.79 Å². The van der Waals surface area contributed by atoms with Crippen LogP contribution in [0.4, 0.5) is 0 Å². The molecule has 0 radical (unpaired) electrons. The van der Waals surface area contributed by atoms with Gasteiger partial charge in [0.15, 0.2) is 0 Å². The number of hydrogen-bond acceptors (Lipinski definition) is 6. The Bertz CT molecular complexity index is 2300. The molecule has 0 aliphatic heterocycles. The first kappa shape index (κ1) is 34.4. The molecule has 0 N–H and O–H groups in total. The van der Waals surface area contributed by atoms with Crippen molar-refractivity contribution in [3.8, 4) is 22.6 Å². The maximum absolute atomic E-state index is 13.6. The van der Waals surface area contributed by atoms with Crippen LogP contribution in [0.1, 0.15) is 62.8 Å². The van der Waals surface area contributed by atoms with E-state index in [1.165, 1.54) is 44.5 Å². The van der Waals surface area contributed by atoms with Crippen LogP contribution >= 0.6 is 0 Å². The van der Waals surface area contributed by atoms with Gasteiger partial charge in [0.1, 0.15) is 37.9 Å². The zero-order valence-corrected chi connectivity index (χ0v) is 30.4. The first-order chi connectivity index (χ1) is 27.1. The van der Waals surface area contributed by atoms with Crippen LogP contribution in [0, 0.1) is 5.92 Å². The lowest BCUT2D eigenvalue weighted by Crippen LogP contribution is -2.37. The highest BCUT2D eigenvalue weighted by atomic mass is 16.6. The van der Waals surface area contributed by atoms with Crippen molar-refractivity contribution in [3.05, 3.63) is 203 Å². The molecular formula is C49H40O6. The fourth-order valence-corrected chi connectivity index (χ4v) is 9.26. The van der Waals surface area contributed by atoms with Crippen LogP contribution in [0.15, 0.2) is 158 Å². The Balaban J connectivity index is 0.920. The van der Waals surface area contributed by atoms with E-state index in [0.717, 1.165) is 23.6 Å². The second kappa shape index (κ2) is 14.4. The van der Waals surface area contributed by atoms with Gasteiger partial charge in [0, 0.05) is 17.9 Å². The van der Waals surface area contributed by atoms with E-state index in [0.29, 0.717) is 11.5 Å². The van der Waals surface area contributed by atoms with Crippen molar-refractivity contribution in [1.82, 2.24) is 0 Å². The molecule has 1 atom stereocenters. The number of rotatable bonds is 12. The van der Waals surface area contributed by atoms with Crippen molar-refractivity contribution in [3.63, 3.8) is 0 Å². The maximum atomic E-state index is 13.6. The van der Waals surface area contributed by atoms with Crippen LogP contribution in [-0.2, 0) is 24.5 Å². The number of esters is 2. The predicted molar refractivity (Wildman–Crippen MR) is 212 cm³/mol. The highest BCUT2D eigenvalue weighted by Gasteiger charge is 2.47. The van der Waals surface area contributed by atoms with Crippen LogP contribution in [0.2, 0.25) is 0 Å². The molecule has 0 fully saturated rings. The normalized spacial score (nSPS) is 17.9. The van der Waals surface area contributed by atoms with Gasteiger partial charge in [0.25, 0.3) is 0 Å². The van der Waals surface area contributed by atoms with Crippen LogP contribution in [0.25, 0.3) is 11.1 Å². The molecule has 0 spiro atoms. The van der Waals surface area contributed by atoms with E-state index in [2.05, 4.69) is 128 Å². The van der Waals surface area contributed by atoms with Crippen molar-refractivity contribution in [2.75, 3.05) is 26.4 Å². The fourth-order valence-electron chi connectivity index (χ4n) is 9.26. The largest absolute Gasteiger partial charge is 0.490 e. The Morgan fingerprint density at radius 1 is 0.564 bits per heavy atom. The monoisotopic (exact) mass is 724 g/mol. The fraction of sp³-hybridized carbons (Fsp3) is 0.184. The third kappa shape index (κ3) is 5.89. The number of hydrogen-bond donors (Lipinski definition) is 0. The molecule has 0 saturated heterocycles. The van der Waals surface area contributed by atoms with Gasteiger partial charge in [-0.3, -0.25) is 4.79 Å². The van der Waals surface area contributed by atoms with Crippen molar-refractivity contribution in [2.45, 2.75) is 23.7 Å². The molecule has 2 bridgehead atoms. The zero-order valence-electron chi connectivity index (χ0n) is 30.4. The van der Waals surface area contributed by atoms with Crippen molar-refractivity contribution in [1.29, 1.82) is 0 Å². The first-order valence-corrected chi connectivity index (χ1v) is 18.9. The molecule has 10 rings (SSSR count). The third-order valence-electron chi connectivity index (χ3n) is 11.5. The average molecular weight is 725 g/mol. The summed E-state index contributed by atoms with van der Waals surface area (Å²) >= 11 is 0. The standard InChI is InChI=1S/C49H40O6/c1-2-46(50)54-29-27-52-34-23-19-32(20-24-34)49(44-17-9-7-13-38(44)39-14-8-10-18-45(39)49)33-21-25-35(26-22-33)53-28-30-55-48(51)43-31-42-36-11-3-5-15-40(36)47(43)41-16-6-4-12-37(41)42/h2-26,42-43,47H,1,27-31H2. The number of carbonyl (C=O) groups excluding carboxylic acids is 2. The topological polar surface area (TPSA) is 71.1 Å². The van der Waals surface area contributed by atoms with E-state index in [1.54, 1.807) is 0 Å². The lowest BCUT2D eigenvalue weighted by molar-refractivity contribution is -0.150. The molecule has 6 heteroatoms. The minimum atomic E-state index is -0.587. The quantitative estimate of drug-likeness (QED) is 0.0711. The molecule has 272 valence electrons. The Hall–Kier alpha value is -6.40. The van der Waals surface area contributed by atoms with Gasteiger partial charge in [0.2, 0.25) is 0 Å². The molecule has 6 nitrogen and oxygen atoms in total. The SMILES string of the molecule is C=CC(=O)OCCOc1ccc(C2(c3ccc(OCCOC(=O)C4CC5c6ccccc6C4c4ccccc45)cc3)c3ccccc3-c3ccccc32)cc1. The molecule has 1 unspecified atom stereocenters. The molecule has 0 amide bonds. The van der Waals surface area contributed by atoms with Gasteiger partial charge >= 0.3 is 11.9 Å². The van der Waals surface area contributed by atoms with Crippen molar-refractivity contribution < 1.29 is 28.5 Å². The van der Waals surface area contributed by atoms with E-state index in [4.69, 9.17) is 18.9 Å². The summed E-state index contributed by atoms with van der Waals surface area (Å²) in [5.74, 6) is 0.751. The summed E-state index contributed by atoms with van der Waals surface area (Å²) in [6.07, 6.45) is 1.90. The van der Waals surface area contributed by atoms with E-state index >= 15 is 0 Å². The van der Waals surface area contributed by atoms with Gasteiger partial charge in [0.05, 0.1) is 11.3 Å². The molecule has 0 aromatic heterocycles. The molecule has 0 heterocycles. The molecule has 4 aliphatic rings. The summed E-state index contributed by atoms with van der Waals surface area (Å²) in [6.45, 7) is 4.23. The van der Waals surface area contributed by atoms with Crippen LogP contribution in [0.3, 0.4) is 0 Å². The van der Waals surface area contributed by atoms with Gasteiger partial charge < -0.3 is 18.9 Å². The molecule has 6 aromatic rings. The third-order valence-corrected chi connectivity index (χ3v) is 11.5. The molecule has 6 aromatic carbocycles. The van der Waals surface area contributed by atoms with E-state index in [9.17, 15) is 9.59 Å². The van der Waals surface area contributed by atoms with Gasteiger partial charge in [-0.15, -0.1) is 0 Å². The Kier molecular flexibility index (Phi) is 9.03. The minimum Gasteiger partial charge on any atom is -0.490 e. The molecule has 4 aliphatic carbocycles. The highest BCUT2D eigenvalue weighted by molar-refractivity contribution is 5.86. The number of benzene rings is 6. The molecule has 55 heavy (non-hydrogen) atoms. The Morgan fingerprint density at radius 2 is 1.02 bits per heavy atom. The van der Waals surface area contributed by atoms with Crippen LogP contribution in [-0.4, -0.2) is 38.4 Å². The van der Waals surface area contributed by atoms with E-state index in [-0.39, 0.29) is 50.2 Å². The summed E-state index contributed by atoms with van der Waals surface area (Å²) in [6, 6.07) is 50.6. The van der Waals surface area contributed by atoms with Crippen LogP contribution in [0.5, 0.6) is 11.5 Å². The maximum Gasteiger partial charge on any atom is 0.330 e. The lowest BCUT2D eigenvalue weighted by Gasteiger charge is -2.44. The summed E-state index contributed by atoms with van der Waals surface area (Å²) in [5.41, 5.74) is 11.6. The summed E-state index contributed by atoms with van der Waals surface area (Å²) in [7, 11) is 0. The van der Waals surface area contributed by atoms with Gasteiger partial charge in [-0.1, -0.05) is 128 Å². The number of ether oxygens (including phenoxy) is 4. The molecular weight excluding hydrogens is 685 g/mol. The summed E-state index contributed by atoms with van der Waals surface area (Å²) in [5, 5.41) is 0. The second-order valence-corrected chi connectivity index (χ2v) is 14.3. The van der Waals surface area contributed by atoms with Gasteiger partial charge in [-0.05, 0) is 86.3 Å². The Morgan fingerprint density at radius 3 is 1.53 bits per heavy atom. The second-order valence-electron chi connectivity index (χ2n) is 14.3. The van der Waals surface area contributed by atoms with Crippen molar-refractivity contribution >= 4 is 11.9 Å². The highest BCUT2D eigenvalue weighted by Crippen LogP contribution is 2.57. The van der Waals surface area contributed by atoms with E-state index in [1.807, 2.05) is 24.3 Å². The van der Waals surface area contributed by atoms with Gasteiger partial charge in [-0.2, -0.15) is 0 Å². The Labute approximate surface area is 321 Å². The summed E-state index contributed by atoms with van der Waals surface area (Å²) in [4.78, 5) is 25.0. The van der Waals surface area contributed by atoms with E-state index < -0.39 is 11.4 Å². The number of fused-ring (bicyclic) bond motifs is 4. The average Bonchev–Trinajstić information content (AvgIpc) is 3.55. The number of carbonyl (C=O) groups is 2. The lowest BCUT2D eigenvalue weighted by atomic mass is 9.59. The van der Waals surface area contributed by atoms with Crippen LogP contribution < -0.4 is 9.47 Å².